The van der Waals surface area contributed by atoms with Crippen molar-refractivity contribution in [3.8, 4) is 5.75 Å². The van der Waals surface area contributed by atoms with Crippen molar-refractivity contribution in [1.29, 1.82) is 0 Å². The van der Waals surface area contributed by atoms with Crippen LogP contribution in [0.4, 0.5) is 5.69 Å². The second-order valence-electron chi connectivity index (χ2n) is 5.53. The number of methoxy groups -OCH3 is 1. The number of nitrogens with zero attached hydrogens (tertiary/aromatic N) is 1. The zero-order valence-corrected chi connectivity index (χ0v) is 15.4. The highest BCUT2D eigenvalue weighted by Gasteiger charge is 2.25. The smallest absolute Gasteiger partial charge is 0.345 e. The first-order chi connectivity index (χ1) is 12.8. The van der Waals surface area contributed by atoms with E-state index < -0.39 is 28.6 Å². The van der Waals surface area contributed by atoms with Gasteiger partial charge in [-0.3, -0.25) is 14.9 Å². The van der Waals surface area contributed by atoms with Crippen molar-refractivity contribution in [2.24, 2.45) is 0 Å². The highest BCUT2D eigenvalue weighted by Crippen LogP contribution is 2.24. The minimum Gasteiger partial charge on any atom is -0.497 e. The molecule has 1 atom stereocenters. The summed E-state index contributed by atoms with van der Waals surface area (Å²) in [6.45, 7) is 1.60. The van der Waals surface area contributed by atoms with Crippen LogP contribution in [0.3, 0.4) is 0 Å². The normalized spacial score (nSPS) is 11.4. The van der Waals surface area contributed by atoms with E-state index in [2.05, 4.69) is 5.32 Å². The summed E-state index contributed by atoms with van der Waals surface area (Å²) in [7, 11) is 1.55. The number of esters is 1. The average molecular weight is 393 g/mol. The Bertz CT molecular complexity index is 853. The van der Waals surface area contributed by atoms with E-state index in [4.69, 9.17) is 21.1 Å². The van der Waals surface area contributed by atoms with E-state index in [0.29, 0.717) is 5.75 Å². The lowest BCUT2D eigenvalue weighted by molar-refractivity contribution is -0.385. The van der Waals surface area contributed by atoms with Crippen LogP contribution in [0.5, 0.6) is 5.75 Å². The molecule has 0 aliphatic rings. The Morgan fingerprint density at radius 3 is 2.48 bits per heavy atom. The fourth-order valence-corrected chi connectivity index (χ4v) is 2.36. The maximum absolute atomic E-state index is 12.2. The summed E-state index contributed by atoms with van der Waals surface area (Å²) in [6, 6.07) is 10.6. The monoisotopic (exact) mass is 392 g/mol. The minimum atomic E-state index is -1.14. The van der Waals surface area contributed by atoms with Crippen molar-refractivity contribution in [2.75, 3.05) is 7.11 Å². The van der Waals surface area contributed by atoms with Gasteiger partial charge in [0, 0.05) is 17.6 Å². The van der Waals surface area contributed by atoms with Crippen molar-refractivity contribution in [2.45, 2.75) is 19.6 Å². The molecule has 0 bridgehead atoms. The topological polar surface area (TPSA) is 108 Å². The first-order valence-electron chi connectivity index (χ1n) is 7.87. The number of carbonyl (C=O) groups is 2. The molecule has 27 heavy (non-hydrogen) atoms. The molecule has 0 saturated carbocycles. The van der Waals surface area contributed by atoms with Gasteiger partial charge in [0.15, 0.2) is 6.10 Å². The fraction of sp³-hybridized carbons (Fsp3) is 0.222. The summed E-state index contributed by atoms with van der Waals surface area (Å²) in [5.41, 5.74) is 0.0608. The van der Waals surface area contributed by atoms with Crippen LogP contribution in [0.1, 0.15) is 22.8 Å². The molecule has 0 aliphatic heterocycles. The quantitative estimate of drug-likeness (QED) is 0.440. The molecule has 142 valence electrons. The molecule has 0 unspecified atom stereocenters. The second kappa shape index (κ2) is 9.00. The summed E-state index contributed by atoms with van der Waals surface area (Å²) >= 11 is 5.79. The summed E-state index contributed by atoms with van der Waals surface area (Å²) in [6.07, 6.45) is -1.14. The maximum Gasteiger partial charge on any atom is 0.345 e. The van der Waals surface area contributed by atoms with E-state index in [1.54, 1.807) is 31.4 Å². The lowest BCUT2D eigenvalue weighted by atomic mass is 10.2. The van der Waals surface area contributed by atoms with Gasteiger partial charge in [-0.25, -0.2) is 4.79 Å². The van der Waals surface area contributed by atoms with E-state index in [-0.39, 0.29) is 17.1 Å². The van der Waals surface area contributed by atoms with Gasteiger partial charge in [0.05, 0.1) is 12.0 Å². The van der Waals surface area contributed by atoms with E-state index >= 15 is 0 Å². The molecule has 2 aromatic rings. The Labute approximate surface area is 160 Å². The third-order valence-electron chi connectivity index (χ3n) is 3.65. The van der Waals surface area contributed by atoms with Crippen molar-refractivity contribution in [3.05, 3.63) is 68.7 Å². The SMILES string of the molecule is COc1ccc(CNC(=O)[C@@H](C)OC(=O)c2cc(Cl)ccc2[N+](=O)[O-])cc1. The number of benzene rings is 2. The number of nitro groups is 1. The Kier molecular flexibility index (Phi) is 6.73. The van der Waals surface area contributed by atoms with Gasteiger partial charge in [0.2, 0.25) is 0 Å². The minimum absolute atomic E-state index is 0.143. The van der Waals surface area contributed by atoms with E-state index in [9.17, 15) is 19.7 Å². The van der Waals surface area contributed by atoms with Gasteiger partial charge < -0.3 is 14.8 Å². The number of amides is 1. The van der Waals surface area contributed by atoms with Gasteiger partial charge in [-0.2, -0.15) is 0 Å². The van der Waals surface area contributed by atoms with Crippen molar-refractivity contribution in [3.63, 3.8) is 0 Å². The number of hydrogen-bond donors (Lipinski definition) is 1. The summed E-state index contributed by atoms with van der Waals surface area (Å²) in [5, 5.41) is 13.8. The molecule has 0 aromatic heterocycles. The van der Waals surface area contributed by atoms with Crippen LogP contribution in [0.15, 0.2) is 42.5 Å². The molecule has 1 N–H and O–H groups in total. The van der Waals surface area contributed by atoms with Crippen LogP contribution in [0.25, 0.3) is 0 Å². The predicted octanol–water partition coefficient (Wildman–Crippen LogP) is 3.12. The van der Waals surface area contributed by atoms with Gasteiger partial charge in [-0.05, 0) is 36.8 Å². The molecule has 0 heterocycles. The number of halogens is 1. The molecule has 0 saturated heterocycles. The molecule has 0 radical (unpaired) electrons. The van der Waals surface area contributed by atoms with E-state index in [1.165, 1.54) is 13.0 Å². The molecule has 1 amide bonds. The number of ether oxygens (including phenoxy) is 2. The van der Waals surface area contributed by atoms with Crippen molar-refractivity contribution < 1.29 is 24.0 Å². The predicted molar refractivity (Wildman–Crippen MR) is 97.8 cm³/mol. The number of nitrogens with one attached hydrogen (secondary N) is 1. The molecule has 8 nitrogen and oxygen atoms in total. The number of carbonyl (C=O) groups excluding carboxylic acids is 2. The van der Waals surface area contributed by atoms with Gasteiger partial charge in [0.1, 0.15) is 11.3 Å². The highest BCUT2D eigenvalue weighted by molar-refractivity contribution is 6.31. The summed E-state index contributed by atoms with van der Waals surface area (Å²) in [4.78, 5) is 34.6. The Balaban J connectivity index is 1.98. The third-order valence-corrected chi connectivity index (χ3v) is 3.89. The molecule has 0 fully saturated rings. The zero-order valence-electron chi connectivity index (χ0n) is 14.6. The standard InChI is InChI=1S/C18H17ClN2O6/c1-11(17(22)20-10-12-3-6-14(26-2)7-4-12)27-18(23)15-9-13(19)5-8-16(15)21(24)25/h3-9,11H,10H2,1-2H3,(H,20,22)/t11-/m1/s1. The molecule has 0 spiro atoms. The van der Waals surface area contributed by atoms with Crippen LogP contribution in [0, 0.1) is 10.1 Å². The van der Waals surface area contributed by atoms with Crippen LogP contribution in [-0.4, -0.2) is 30.0 Å². The van der Waals surface area contributed by atoms with Crippen LogP contribution < -0.4 is 10.1 Å². The van der Waals surface area contributed by atoms with E-state index in [0.717, 1.165) is 17.7 Å². The van der Waals surface area contributed by atoms with Crippen LogP contribution in [0.2, 0.25) is 5.02 Å². The second-order valence-corrected chi connectivity index (χ2v) is 5.97. The van der Waals surface area contributed by atoms with Gasteiger partial charge in [0.25, 0.3) is 11.6 Å². The largest absolute Gasteiger partial charge is 0.497 e. The molecule has 0 aliphatic carbocycles. The summed E-state index contributed by atoms with van der Waals surface area (Å²) in [5.74, 6) is -0.851. The number of rotatable bonds is 7. The number of hydrogen-bond acceptors (Lipinski definition) is 6. The van der Waals surface area contributed by atoms with Crippen LogP contribution >= 0.6 is 11.6 Å². The first-order valence-corrected chi connectivity index (χ1v) is 8.25. The average Bonchev–Trinajstić information content (AvgIpc) is 2.65. The van der Waals surface area contributed by atoms with E-state index in [1.807, 2.05) is 0 Å². The third kappa shape index (κ3) is 5.42. The molecule has 2 rings (SSSR count). The molecular weight excluding hydrogens is 376 g/mol. The maximum atomic E-state index is 12.2. The zero-order chi connectivity index (χ0) is 20.0. The lowest BCUT2D eigenvalue weighted by Gasteiger charge is -2.14. The van der Waals surface area contributed by atoms with Crippen molar-refractivity contribution >= 4 is 29.2 Å². The molecule has 9 heteroatoms. The van der Waals surface area contributed by atoms with Gasteiger partial charge >= 0.3 is 5.97 Å². The summed E-state index contributed by atoms with van der Waals surface area (Å²) < 4.78 is 10.1. The Morgan fingerprint density at radius 2 is 1.89 bits per heavy atom. The molecule has 2 aromatic carbocycles. The van der Waals surface area contributed by atoms with Crippen molar-refractivity contribution in [1.82, 2.24) is 5.32 Å². The first kappa shape index (κ1) is 20.2. The fourth-order valence-electron chi connectivity index (χ4n) is 2.18. The molecular formula is C18H17ClN2O6. The Morgan fingerprint density at radius 1 is 1.22 bits per heavy atom. The Hall–Kier alpha value is -3.13. The number of nitro benzene ring substituents is 1. The van der Waals surface area contributed by atoms with Crippen LogP contribution in [-0.2, 0) is 16.1 Å². The van der Waals surface area contributed by atoms with Gasteiger partial charge in [-0.1, -0.05) is 23.7 Å². The highest BCUT2D eigenvalue weighted by atomic mass is 35.5. The van der Waals surface area contributed by atoms with Gasteiger partial charge in [-0.15, -0.1) is 0 Å². The lowest BCUT2D eigenvalue weighted by Crippen LogP contribution is -2.35.